The van der Waals surface area contributed by atoms with Gasteiger partial charge in [-0.2, -0.15) is 0 Å². The molecule has 2 aromatic rings. The van der Waals surface area contributed by atoms with E-state index in [0.717, 1.165) is 17.7 Å². The van der Waals surface area contributed by atoms with Crippen LogP contribution in [0.25, 0.3) is 0 Å². The first-order valence-corrected chi connectivity index (χ1v) is 6.28. The molecule has 0 aliphatic rings. The first-order valence-electron chi connectivity index (χ1n) is 6.28. The second-order valence-electron chi connectivity index (χ2n) is 4.30. The van der Waals surface area contributed by atoms with E-state index in [9.17, 15) is 13.6 Å². The zero-order valence-corrected chi connectivity index (χ0v) is 11.0. The Morgan fingerprint density at radius 1 is 1.05 bits per heavy atom. The lowest BCUT2D eigenvalue weighted by Gasteiger charge is -2.05. The monoisotopic (exact) mass is 276 g/mol. The summed E-state index contributed by atoms with van der Waals surface area (Å²) < 4.78 is 31.3. The molecule has 0 aliphatic carbocycles. The smallest absolute Gasteiger partial charge is 0.193 e. The van der Waals surface area contributed by atoms with Crippen LogP contribution in [0.3, 0.4) is 0 Å². The standard InChI is InChI=1S/C16H14F2O2/c1-2-20-10-11-4-3-5-12(8-11)16(19)13-6-7-14(17)15(18)9-13/h3-9H,2,10H2,1H3. The summed E-state index contributed by atoms with van der Waals surface area (Å²) in [5.41, 5.74) is 1.41. The van der Waals surface area contributed by atoms with E-state index in [1.165, 1.54) is 6.07 Å². The molecule has 104 valence electrons. The van der Waals surface area contributed by atoms with E-state index >= 15 is 0 Å². The molecule has 4 heteroatoms. The van der Waals surface area contributed by atoms with Crippen LogP contribution in [0, 0.1) is 11.6 Å². The fourth-order valence-corrected chi connectivity index (χ4v) is 1.83. The zero-order valence-electron chi connectivity index (χ0n) is 11.0. The second-order valence-corrected chi connectivity index (χ2v) is 4.30. The van der Waals surface area contributed by atoms with Crippen LogP contribution in [0.2, 0.25) is 0 Å². The highest BCUT2D eigenvalue weighted by Crippen LogP contribution is 2.15. The lowest BCUT2D eigenvalue weighted by molar-refractivity contribution is 0.103. The van der Waals surface area contributed by atoms with Crippen molar-refractivity contribution in [3.63, 3.8) is 0 Å². The van der Waals surface area contributed by atoms with Crippen LogP contribution in [-0.4, -0.2) is 12.4 Å². The topological polar surface area (TPSA) is 26.3 Å². The van der Waals surface area contributed by atoms with Gasteiger partial charge in [0.15, 0.2) is 17.4 Å². The number of carbonyl (C=O) groups excluding carboxylic acids is 1. The molecule has 0 bridgehead atoms. The highest BCUT2D eigenvalue weighted by molar-refractivity contribution is 6.09. The second kappa shape index (κ2) is 6.39. The molecule has 0 heterocycles. The number of halogens is 2. The van der Waals surface area contributed by atoms with Crippen LogP contribution in [-0.2, 0) is 11.3 Å². The largest absolute Gasteiger partial charge is 0.377 e. The van der Waals surface area contributed by atoms with Crippen molar-refractivity contribution in [1.29, 1.82) is 0 Å². The summed E-state index contributed by atoms with van der Waals surface area (Å²) >= 11 is 0. The zero-order chi connectivity index (χ0) is 14.5. The van der Waals surface area contributed by atoms with Crippen LogP contribution in [0.15, 0.2) is 42.5 Å². The van der Waals surface area contributed by atoms with E-state index in [2.05, 4.69) is 0 Å². The summed E-state index contributed by atoms with van der Waals surface area (Å²) in [6.07, 6.45) is 0. The molecular formula is C16H14F2O2. The minimum absolute atomic E-state index is 0.123. The minimum atomic E-state index is -1.03. The molecular weight excluding hydrogens is 262 g/mol. The van der Waals surface area contributed by atoms with Gasteiger partial charge in [0.25, 0.3) is 0 Å². The minimum Gasteiger partial charge on any atom is -0.377 e. The van der Waals surface area contributed by atoms with E-state index in [1.807, 2.05) is 13.0 Å². The Bertz CT molecular complexity index is 624. The molecule has 0 aliphatic heterocycles. The Labute approximate surface area is 116 Å². The average molecular weight is 276 g/mol. The van der Waals surface area contributed by atoms with Crippen molar-refractivity contribution in [3.05, 3.63) is 70.8 Å². The Morgan fingerprint density at radius 3 is 2.50 bits per heavy atom. The molecule has 0 radical (unpaired) electrons. The first kappa shape index (κ1) is 14.3. The van der Waals surface area contributed by atoms with Gasteiger partial charge in [-0.3, -0.25) is 4.79 Å². The molecule has 0 saturated carbocycles. The summed E-state index contributed by atoms with van der Waals surface area (Å²) in [5, 5.41) is 0. The molecule has 2 rings (SSSR count). The number of hydrogen-bond acceptors (Lipinski definition) is 2. The van der Waals surface area contributed by atoms with E-state index in [-0.39, 0.29) is 11.3 Å². The maximum absolute atomic E-state index is 13.2. The van der Waals surface area contributed by atoms with Crippen LogP contribution in [0.5, 0.6) is 0 Å². The number of hydrogen-bond donors (Lipinski definition) is 0. The summed E-state index contributed by atoms with van der Waals surface area (Å²) in [5.74, 6) is -2.34. The van der Waals surface area contributed by atoms with E-state index < -0.39 is 11.6 Å². The van der Waals surface area contributed by atoms with Crippen LogP contribution in [0.1, 0.15) is 28.4 Å². The third-order valence-electron chi connectivity index (χ3n) is 2.84. The van der Waals surface area contributed by atoms with Gasteiger partial charge in [0.05, 0.1) is 6.61 Å². The van der Waals surface area contributed by atoms with Gasteiger partial charge < -0.3 is 4.74 Å². The maximum Gasteiger partial charge on any atom is 0.193 e. The van der Waals surface area contributed by atoms with Gasteiger partial charge in [-0.15, -0.1) is 0 Å². The third kappa shape index (κ3) is 3.27. The maximum atomic E-state index is 13.2. The predicted molar refractivity (Wildman–Crippen MR) is 71.6 cm³/mol. The van der Waals surface area contributed by atoms with Crippen LogP contribution >= 0.6 is 0 Å². The van der Waals surface area contributed by atoms with Crippen molar-refractivity contribution in [2.45, 2.75) is 13.5 Å². The van der Waals surface area contributed by atoms with E-state index in [4.69, 9.17) is 4.74 Å². The fraction of sp³-hybridized carbons (Fsp3) is 0.188. The molecule has 0 aromatic heterocycles. The van der Waals surface area contributed by atoms with Gasteiger partial charge in [-0.25, -0.2) is 8.78 Å². The summed E-state index contributed by atoms with van der Waals surface area (Å²) in [7, 11) is 0. The van der Waals surface area contributed by atoms with Crippen molar-refractivity contribution in [2.24, 2.45) is 0 Å². The predicted octanol–water partition coefficient (Wildman–Crippen LogP) is 3.73. The lowest BCUT2D eigenvalue weighted by Crippen LogP contribution is -2.03. The molecule has 2 nitrogen and oxygen atoms in total. The quantitative estimate of drug-likeness (QED) is 0.778. The van der Waals surface area contributed by atoms with Gasteiger partial charge >= 0.3 is 0 Å². The fourth-order valence-electron chi connectivity index (χ4n) is 1.83. The molecule has 0 atom stereocenters. The van der Waals surface area contributed by atoms with Crippen molar-refractivity contribution in [3.8, 4) is 0 Å². The highest BCUT2D eigenvalue weighted by atomic mass is 19.2. The van der Waals surface area contributed by atoms with E-state index in [1.54, 1.807) is 18.2 Å². The van der Waals surface area contributed by atoms with Crippen molar-refractivity contribution in [1.82, 2.24) is 0 Å². The summed E-state index contributed by atoms with van der Waals surface area (Å²) in [4.78, 5) is 12.2. The van der Waals surface area contributed by atoms with Gasteiger partial charge in [0.1, 0.15) is 0 Å². The van der Waals surface area contributed by atoms with E-state index in [0.29, 0.717) is 18.8 Å². The number of ketones is 1. The number of carbonyl (C=O) groups is 1. The van der Waals surface area contributed by atoms with Gasteiger partial charge in [-0.05, 0) is 36.8 Å². The van der Waals surface area contributed by atoms with Gasteiger partial charge in [-0.1, -0.05) is 18.2 Å². The Hall–Kier alpha value is -2.07. The van der Waals surface area contributed by atoms with Gasteiger partial charge in [0.2, 0.25) is 0 Å². The van der Waals surface area contributed by atoms with Crippen molar-refractivity contribution in [2.75, 3.05) is 6.61 Å². The average Bonchev–Trinajstić information content (AvgIpc) is 2.47. The SMILES string of the molecule is CCOCc1cccc(C(=O)c2ccc(F)c(F)c2)c1. The van der Waals surface area contributed by atoms with Gasteiger partial charge in [0, 0.05) is 17.7 Å². The molecule has 0 amide bonds. The number of rotatable bonds is 5. The first-order chi connectivity index (χ1) is 9.61. The van der Waals surface area contributed by atoms with Crippen molar-refractivity contribution >= 4 is 5.78 Å². The third-order valence-corrected chi connectivity index (χ3v) is 2.84. The molecule has 0 fully saturated rings. The molecule has 0 spiro atoms. The Balaban J connectivity index is 2.26. The Morgan fingerprint density at radius 2 is 1.80 bits per heavy atom. The van der Waals surface area contributed by atoms with Crippen molar-refractivity contribution < 1.29 is 18.3 Å². The highest BCUT2D eigenvalue weighted by Gasteiger charge is 2.12. The molecule has 0 N–H and O–H groups in total. The normalized spacial score (nSPS) is 10.6. The lowest BCUT2D eigenvalue weighted by atomic mass is 10.0. The summed E-state index contributed by atoms with van der Waals surface area (Å²) in [6.45, 7) is 2.88. The summed E-state index contributed by atoms with van der Waals surface area (Å²) in [6, 6.07) is 10.0. The Kier molecular flexibility index (Phi) is 4.58. The molecule has 0 saturated heterocycles. The molecule has 20 heavy (non-hydrogen) atoms. The van der Waals surface area contributed by atoms with Crippen LogP contribution < -0.4 is 0 Å². The molecule has 2 aromatic carbocycles. The number of benzene rings is 2. The number of ether oxygens (including phenoxy) is 1. The van der Waals surface area contributed by atoms with Crippen LogP contribution in [0.4, 0.5) is 8.78 Å². The molecule has 0 unspecified atom stereocenters.